The van der Waals surface area contributed by atoms with Crippen LogP contribution in [-0.4, -0.2) is 35.4 Å². The van der Waals surface area contributed by atoms with Gasteiger partial charge in [0.2, 0.25) is 5.78 Å². The minimum Gasteiger partial charge on any atom is -0.478 e. The first-order valence-corrected chi connectivity index (χ1v) is 7.35. The summed E-state index contributed by atoms with van der Waals surface area (Å²) >= 11 is 0. The number of para-hydroxylation sites is 1. The van der Waals surface area contributed by atoms with Crippen LogP contribution in [0.15, 0.2) is 24.3 Å². The summed E-state index contributed by atoms with van der Waals surface area (Å²) in [5.74, 6) is 0.999. The summed E-state index contributed by atoms with van der Waals surface area (Å²) in [6.07, 6.45) is 5.42. The zero-order valence-corrected chi connectivity index (χ0v) is 11.1. The summed E-state index contributed by atoms with van der Waals surface area (Å²) in [4.78, 5) is 15.3. The van der Waals surface area contributed by atoms with Gasteiger partial charge in [0.05, 0.1) is 5.56 Å². The van der Waals surface area contributed by atoms with E-state index in [1.807, 2.05) is 24.3 Å². The molecule has 2 saturated heterocycles. The van der Waals surface area contributed by atoms with Crippen molar-refractivity contribution in [2.45, 2.75) is 43.7 Å². The van der Waals surface area contributed by atoms with Crippen LogP contribution in [0.2, 0.25) is 0 Å². The number of ketones is 1. The molecular formula is C16H19NO2. The van der Waals surface area contributed by atoms with Gasteiger partial charge in [-0.25, -0.2) is 0 Å². The molecule has 0 aliphatic carbocycles. The van der Waals surface area contributed by atoms with Gasteiger partial charge in [-0.05, 0) is 44.4 Å². The van der Waals surface area contributed by atoms with E-state index >= 15 is 0 Å². The molecule has 19 heavy (non-hydrogen) atoms. The summed E-state index contributed by atoms with van der Waals surface area (Å²) in [6.45, 7) is 2.20. The molecule has 2 unspecified atom stereocenters. The fourth-order valence-electron chi connectivity index (χ4n) is 3.94. The molecule has 1 aromatic rings. The normalized spacial score (nSPS) is 33.9. The van der Waals surface area contributed by atoms with Gasteiger partial charge in [-0.15, -0.1) is 0 Å². The third-order valence-electron chi connectivity index (χ3n) is 5.03. The first-order valence-electron chi connectivity index (χ1n) is 7.35. The predicted molar refractivity (Wildman–Crippen MR) is 72.6 cm³/mol. The smallest absolute Gasteiger partial charge is 0.210 e. The maximum Gasteiger partial charge on any atom is 0.210 e. The Morgan fingerprint density at radius 2 is 2.05 bits per heavy atom. The number of hydrogen-bond acceptors (Lipinski definition) is 3. The maximum atomic E-state index is 12.7. The van der Waals surface area contributed by atoms with Gasteiger partial charge in [-0.2, -0.15) is 0 Å². The van der Waals surface area contributed by atoms with Gasteiger partial charge in [0.15, 0.2) is 5.60 Å². The number of carbonyl (C=O) groups is 1. The fraction of sp³-hybridized carbons (Fsp3) is 0.562. The average Bonchev–Trinajstić information content (AvgIpc) is 2.94. The molecule has 1 spiro atoms. The SMILES string of the molecule is O=C1c2ccccc2OC12CCC1CCCN1CC2. The molecule has 0 aromatic heterocycles. The topological polar surface area (TPSA) is 29.5 Å². The van der Waals surface area contributed by atoms with Crippen LogP contribution >= 0.6 is 0 Å². The monoisotopic (exact) mass is 257 g/mol. The molecule has 4 rings (SSSR count). The van der Waals surface area contributed by atoms with Crippen molar-refractivity contribution in [3.05, 3.63) is 29.8 Å². The minimum atomic E-state index is -0.561. The van der Waals surface area contributed by atoms with Crippen LogP contribution in [0.3, 0.4) is 0 Å². The highest BCUT2D eigenvalue weighted by Gasteiger charge is 2.49. The molecule has 3 heterocycles. The average molecular weight is 257 g/mol. The van der Waals surface area contributed by atoms with Crippen molar-refractivity contribution in [3.63, 3.8) is 0 Å². The molecular weight excluding hydrogens is 238 g/mol. The second-order valence-electron chi connectivity index (χ2n) is 6.04. The Kier molecular flexibility index (Phi) is 2.46. The molecule has 3 heteroatoms. The van der Waals surface area contributed by atoms with E-state index in [0.29, 0.717) is 6.04 Å². The highest BCUT2D eigenvalue weighted by atomic mass is 16.5. The second kappa shape index (κ2) is 4.07. The first-order chi connectivity index (χ1) is 9.28. The van der Waals surface area contributed by atoms with Crippen molar-refractivity contribution >= 4 is 5.78 Å². The Hall–Kier alpha value is -1.35. The minimum absolute atomic E-state index is 0.212. The predicted octanol–water partition coefficient (Wildman–Crippen LogP) is 2.65. The lowest BCUT2D eigenvalue weighted by atomic mass is 9.87. The van der Waals surface area contributed by atoms with Crippen molar-refractivity contribution in [3.8, 4) is 5.75 Å². The highest BCUT2D eigenvalue weighted by molar-refractivity contribution is 6.07. The number of hydrogen-bond donors (Lipinski definition) is 0. The molecule has 100 valence electrons. The molecule has 3 nitrogen and oxygen atoms in total. The zero-order valence-electron chi connectivity index (χ0n) is 11.1. The molecule has 1 aromatic carbocycles. The zero-order chi connectivity index (χ0) is 12.9. The first kappa shape index (κ1) is 11.5. The molecule has 0 N–H and O–H groups in total. The van der Waals surface area contributed by atoms with E-state index in [-0.39, 0.29) is 5.78 Å². The number of fused-ring (bicyclic) bond motifs is 2. The summed E-state index contributed by atoms with van der Waals surface area (Å²) in [6, 6.07) is 8.38. The van der Waals surface area contributed by atoms with Crippen LogP contribution in [0.4, 0.5) is 0 Å². The van der Waals surface area contributed by atoms with Crippen molar-refractivity contribution < 1.29 is 9.53 Å². The third-order valence-corrected chi connectivity index (χ3v) is 5.03. The molecule has 0 saturated carbocycles. The molecule has 2 atom stereocenters. The van der Waals surface area contributed by atoms with Gasteiger partial charge >= 0.3 is 0 Å². The lowest BCUT2D eigenvalue weighted by molar-refractivity contribution is 0.0497. The van der Waals surface area contributed by atoms with Crippen LogP contribution in [-0.2, 0) is 0 Å². The lowest BCUT2D eigenvalue weighted by Gasteiger charge is -2.25. The van der Waals surface area contributed by atoms with Crippen molar-refractivity contribution in [1.82, 2.24) is 4.90 Å². The van der Waals surface area contributed by atoms with E-state index in [1.165, 1.54) is 19.4 Å². The van der Waals surface area contributed by atoms with E-state index in [1.54, 1.807) is 0 Å². The van der Waals surface area contributed by atoms with Gasteiger partial charge in [-0.1, -0.05) is 12.1 Å². The van der Waals surface area contributed by atoms with Crippen molar-refractivity contribution in [2.24, 2.45) is 0 Å². The number of carbonyl (C=O) groups excluding carboxylic acids is 1. The Morgan fingerprint density at radius 3 is 2.95 bits per heavy atom. The van der Waals surface area contributed by atoms with Gasteiger partial charge in [-0.3, -0.25) is 4.79 Å². The fourth-order valence-corrected chi connectivity index (χ4v) is 3.94. The Balaban J connectivity index is 1.64. The van der Waals surface area contributed by atoms with Gasteiger partial charge in [0.25, 0.3) is 0 Å². The Morgan fingerprint density at radius 1 is 1.16 bits per heavy atom. The molecule has 3 aliphatic heterocycles. The van der Waals surface area contributed by atoms with Gasteiger partial charge < -0.3 is 9.64 Å². The molecule has 0 bridgehead atoms. The molecule has 0 radical (unpaired) electrons. The number of nitrogens with zero attached hydrogens (tertiary/aromatic N) is 1. The molecule has 2 fully saturated rings. The Labute approximate surface area is 113 Å². The van der Waals surface area contributed by atoms with E-state index in [2.05, 4.69) is 4.90 Å². The second-order valence-corrected chi connectivity index (χ2v) is 6.04. The van der Waals surface area contributed by atoms with Gasteiger partial charge in [0, 0.05) is 19.0 Å². The quantitative estimate of drug-likeness (QED) is 0.715. The van der Waals surface area contributed by atoms with Crippen LogP contribution in [0, 0.1) is 0 Å². The number of benzene rings is 1. The largest absolute Gasteiger partial charge is 0.478 e. The number of Topliss-reactive ketones (excluding diaryl/α,β-unsaturated/α-hetero) is 1. The Bertz CT molecular complexity index is 511. The standard InChI is InChI=1S/C16H19NO2/c18-15-13-5-1-2-6-14(13)19-16(15)8-7-12-4-3-10-17(12)11-9-16/h1-2,5-6,12H,3-4,7-11H2. The van der Waals surface area contributed by atoms with Crippen LogP contribution in [0.1, 0.15) is 42.5 Å². The summed E-state index contributed by atoms with van der Waals surface area (Å²) in [7, 11) is 0. The summed E-state index contributed by atoms with van der Waals surface area (Å²) in [5, 5.41) is 0. The highest BCUT2D eigenvalue weighted by Crippen LogP contribution is 2.42. The van der Waals surface area contributed by atoms with Crippen molar-refractivity contribution in [1.29, 1.82) is 0 Å². The molecule has 0 amide bonds. The maximum absolute atomic E-state index is 12.7. The van der Waals surface area contributed by atoms with E-state index < -0.39 is 5.60 Å². The number of rotatable bonds is 0. The van der Waals surface area contributed by atoms with E-state index in [9.17, 15) is 4.79 Å². The van der Waals surface area contributed by atoms with Gasteiger partial charge in [0.1, 0.15) is 5.75 Å². The number of ether oxygens (including phenoxy) is 1. The third kappa shape index (κ3) is 1.64. The van der Waals surface area contributed by atoms with Crippen LogP contribution < -0.4 is 4.74 Å². The van der Waals surface area contributed by atoms with Crippen LogP contribution in [0.25, 0.3) is 0 Å². The van der Waals surface area contributed by atoms with Crippen molar-refractivity contribution in [2.75, 3.05) is 13.1 Å². The van der Waals surface area contributed by atoms with Crippen LogP contribution in [0.5, 0.6) is 5.75 Å². The lowest BCUT2D eigenvalue weighted by Crippen LogP contribution is -2.41. The van der Waals surface area contributed by atoms with E-state index in [4.69, 9.17) is 4.74 Å². The molecule has 3 aliphatic rings. The summed E-state index contributed by atoms with van der Waals surface area (Å²) < 4.78 is 6.12. The summed E-state index contributed by atoms with van der Waals surface area (Å²) in [5.41, 5.74) is 0.221. The van der Waals surface area contributed by atoms with E-state index in [0.717, 1.165) is 37.1 Å².